The number of furan rings is 2. The van der Waals surface area contributed by atoms with Crippen LogP contribution in [0.3, 0.4) is 0 Å². The molecule has 5 rings (SSSR count). The first kappa shape index (κ1) is 36.3. The number of hydrogen-bond acceptors (Lipinski definition) is 11. The maximum absolute atomic E-state index is 10.3. The molecular weight excluding hydrogens is 681 g/mol. The number of aromatic hydroxyl groups is 1. The Bertz CT molecular complexity index is 1470. The lowest BCUT2D eigenvalue weighted by atomic mass is 10.3. The molecule has 0 saturated heterocycles. The van der Waals surface area contributed by atoms with E-state index < -0.39 is 12.6 Å². The van der Waals surface area contributed by atoms with Crippen LogP contribution in [0.15, 0.2) is 76.0 Å². The van der Waals surface area contributed by atoms with Crippen LogP contribution < -0.4 is 0 Å². The number of aldehydes is 1. The number of aromatic nitrogens is 3. The average molecular weight is 718 g/mol. The summed E-state index contributed by atoms with van der Waals surface area (Å²) in [5, 5.41) is 8.85. The highest BCUT2D eigenvalue weighted by molar-refractivity contribution is 14.1. The fraction of sp³-hybridized carbons (Fsp3) is 0.312. The number of fused-ring (bicyclic) bond motifs is 2. The van der Waals surface area contributed by atoms with Gasteiger partial charge in [0.15, 0.2) is 29.0 Å². The largest absolute Gasteiger partial charge is 0.505 e. The summed E-state index contributed by atoms with van der Waals surface area (Å²) in [5.74, 6) is 3.59. The normalized spacial score (nSPS) is 10.3. The molecule has 0 amide bonds. The average Bonchev–Trinajstić information content (AvgIpc) is 3.68. The quantitative estimate of drug-likeness (QED) is 0.0528. The van der Waals surface area contributed by atoms with E-state index in [0.717, 1.165) is 16.6 Å². The van der Waals surface area contributed by atoms with Crippen molar-refractivity contribution in [3.63, 3.8) is 0 Å². The third-order valence-electron chi connectivity index (χ3n) is 5.11. The Morgan fingerprint density at radius 2 is 1.36 bits per heavy atom. The van der Waals surface area contributed by atoms with Crippen LogP contribution >= 0.6 is 22.6 Å². The Morgan fingerprint density at radius 3 is 1.80 bits per heavy atom. The molecule has 0 aliphatic carbocycles. The van der Waals surface area contributed by atoms with Gasteiger partial charge in [-0.15, -0.1) is 6.42 Å². The summed E-state index contributed by atoms with van der Waals surface area (Å²) in [6, 6.07) is 14.0. The van der Waals surface area contributed by atoms with Crippen molar-refractivity contribution >= 4 is 51.1 Å². The number of ether oxygens (including phenoxy) is 4. The van der Waals surface area contributed by atoms with Crippen LogP contribution in [0.5, 0.6) is 5.75 Å². The first-order chi connectivity index (χ1) is 21.4. The zero-order chi connectivity index (χ0) is 32.2. The summed E-state index contributed by atoms with van der Waals surface area (Å²) in [4.78, 5) is 22.3. The molecule has 0 aliphatic rings. The lowest BCUT2D eigenvalue weighted by molar-refractivity contribution is -0.150. The topological polar surface area (TPSA) is 139 Å². The molecule has 0 bridgehead atoms. The number of nitrogens with zero attached hydrogens (tertiary/aromatic N) is 3. The summed E-state index contributed by atoms with van der Waals surface area (Å²) < 4.78 is 32.2. The Kier molecular flexibility index (Phi) is 17.3. The monoisotopic (exact) mass is 717 g/mol. The van der Waals surface area contributed by atoms with E-state index in [1.54, 1.807) is 48.9 Å². The lowest BCUT2D eigenvalue weighted by Crippen LogP contribution is -2.14. The third-order valence-corrected chi connectivity index (χ3v) is 5.94. The van der Waals surface area contributed by atoms with Gasteiger partial charge in [0, 0.05) is 57.2 Å². The van der Waals surface area contributed by atoms with Gasteiger partial charge in [0.25, 0.3) is 0 Å². The second-order valence-electron chi connectivity index (χ2n) is 8.15. The molecule has 44 heavy (non-hydrogen) atoms. The van der Waals surface area contributed by atoms with Gasteiger partial charge in [-0.3, -0.25) is 14.8 Å². The second kappa shape index (κ2) is 20.9. The molecule has 0 unspecified atom stereocenters. The molecule has 5 heterocycles. The van der Waals surface area contributed by atoms with Gasteiger partial charge in [0.2, 0.25) is 12.6 Å². The van der Waals surface area contributed by atoms with E-state index in [9.17, 15) is 4.79 Å². The van der Waals surface area contributed by atoms with Gasteiger partial charge in [-0.1, -0.05) is 0 Å². The zero-order valence-corrected chi connectivity index (χ0v) is 27.2. The van der Waals surface area contributed by atoms with Gasteiger partial charge in [-0.2, -0.15) is 0 Å². The van der Waals surface area contributed by atoms with Gasteiger partial charge in [0.05, 0.1) is 0 Å². The van der Waals surface area contributed by atoms with Crippen molar-refractivity contribution in [1.82, 2.24) is 15.0 Å². The van der Waals surface area contributed by atoms with Crippen molar-refractivity contribution in [3.8, 4) is 18.1 Å². The van der Waals surface area contributed by atoms with Gasteiger partial charge in [-0.25, -0.2) is 4.98 Å². The van der Waals surface area contributed by atoms with E-state index in [-0.39, 0.29) is 5.75 Å². The van der Waals surface area contributed by atoms with Gasteiger partial charge >= 0.3 is 0 Å². The molecule has 0 radical (unpaired) electrons. The van der Waals surface area contributed by atoms with Crippen molar-refractivity contribution in [1.29, 1.82) is 0 Å². The number of terminal acetylenes is 1. The lowest BCUT2D eigenvalue weighted by Gasteiger charge is -2.13. The minimum atomic E-state index is -0.458. The first-order valence-electron chi connectivity index (χ1n) is 13.8. The molecule has 1 N–H and O–H groups in total. The Balaban J connectivity index is 0.000000213. The molecule has 12 heteroatoms. The molecule has 0 spiro atoms. The third kappa shape index (κ3) is 12.4. The summed E-state index contributed by atoms with van der Waals surface area (Å²) in [6.45, 7) is 9.95. The Morgan fingerprint density at radius 1 is 0.841 bits per heavy atom. The zero-order valence-electron chi connectivity index (χ0n) is 25.0. The van der Waals surface area contributed by atoms with E-state index >= 15 is 0 Å². The summed E-state index contributed by atoms with van der Waals surface area (Å²) in [6.07, 6.45) is 9.85. The van der Waals surface area contributed by atoms with E-state index in [2.05, 4.69) is 20.9 Å². The highest BCUT2D eigenvalue weighted by atomic mass is 127. The highest BCUT2D eigenvalue weighted by Crippen LogP contribution is 2.25. The molecule has 5 aromatic rings. The number of hydrogen-bond donors (Lipinski definition) is 1. The molecule has 11 nitrogen and oxygen atoms in total. The summed E-state index contributed by atoms with van der Waals surface area (Å²) in [7, 11) is 0. The number of carbonyl (C=O) groups is 1. The molecule has 234 valence electrons. The molecule has 0 saturated carbocycles. The van der Waals surface area contributed by atoms with E-state index in [0.29, 0.717) is 53.5 Å². The predicted octanol–water partition coefficient (Wildman–Crippen LogP) is 6.95. The van der Waals surface area contributed by atoms with Crippen molar-refractivity contribution in [2.24, 2.45) is 0 Å². The minimum absolute atomic E-state index is 0.244. The van der Waals surface area contributed by atoms with Crippen LogP contribution in [0, 0.1) is 16.0 Å². The van der Waals surface area contributed by atoms with Crippen LogP contribution in [0.1, 0.15) is 50.3 Å². The Hall–Kier alpha value is -3.87. The molecule has 5 aromatic heterocycles. The standard InChI is InChI=1S/C12H15NO3.C8H5NO2.C7H12O2.C5H4INO/c1-3-14-12(15-4-2)11-8-9-10(16-11)6-5-7-13-9;10-5-6-4-7-8(11-6)2-1-3-9-7;1-4-7(8-5-2)9-6-3;6-5-4(8)2-1-3-7-5/h5-8,12H,3-4H2,1-2H3;1-5H;1,7H,5-6H2,2-3H3;1-3,8H. The first-order valence-corrected chi connectivity index (χ1v) is 14.8. The summed E-state index contributed by atoms with van der Waals surface area (Å²) >= 11 is 1.96. The predicted molar refractivity (Wildman–Crippen MR) is 174 cm³/mol. The van der Waals surface area contributed by atoms with Crippen LogP contribution in [0.2, 0.25) is 0 Å². The van der Waals surface area contributed by atoms with Gasteiger partial charge in [-0.05, 0) is 92.6 Å². The van der Waals surface area contributed by atoms with Crippen molar-refractivity contribution < 1.29 is 37.7 Å². The van der Waals surface area contributed by atoms with Crippen molar-refractivity contribution in [2.75, 3.05) is 26.4 Å². The smallest absolute Gasteiger partial charge is 0.222 e. The Labute approximate surface area is 270 Å². The molecule has 0 fully saturated rings. The van der Waals surface area contributed by atoms with Gasteiger partial charge in [0.1, 0.15) is 20.5 Å². The van der Waals surface area contributed by atoms with Crippen LogP contribution in [0.4, 0.5) is 0 Å². The molecular formula is C32H36IN3O8. The van der Waals surface area contributed by atoms with E-state index in [1.165, 1.54) is 0 Å². The SMILES string of the molecule is C#CC(OCC)OCC.CCOC(OCC)c1cc2ncccc2o1.O=Cc1cc2ncccc2o1.Oc1cccnc1I. The number of pyridine rings is 3. The van der Waals surface area contributed by atoms with Crippen molar-refractivity contribution in [3.05, 3.63) is 82.3 Å². The molecule has 0 atom stereocenters. The van der Waals surface area contributed by atoms with Crippen molar-refractivity contribution in [2.45, 2.75) is 40.3 Å². The minimum Gasteiger partial charge on any atom is -0.505 e. The second-order valence-corrected chi connectivity index (χ2v) is 9.18. The van der Waals surface area contributed by atoms with Crippen LogP contribution in [0.25, 0.3) is 22.2 Å². The molecule has 0 aromatic carbocycles. The molecule has 0 aliphatic heterocycles. The summed E-state index contributed by atoms with van der Waals surface area (Å²) in [5.41, 5.74) is 2.94. The van der Waals surface area contributed by atoms with Gasteiger partial charge < -0.3 is 32.9 Å². The number of halogens is 1. The number of rotatable bonds is 10. The maximum Gasteiger partial charge on any atom is 0.222 e. The fourth-order valence-corrected chi connectivity index (χ4v) is 3.63. The van der Waals surface area contributed by atoms with E-state index in [4.69, 9.17) is 39.3 Å². The van der Waals surface area contributed by atoms with E-state index in [1.807, 2.05) is 68.5 Å². The highest BCUT2D eigenvalue weighted by Gasteiger charge is 2.16. The number of carbonyl (C=O) groups excluding carboxylic acids is 1. The van der Waals surface area contributed by atoms with Crippen LogP contribution in [-0.2, 0) is 18.9 Å². The fourth-order valence-electron chi connectivity index (χ4n) is 3.29. The maximum atomic E-state index is 10.3. The van der Waals surface area contributed by atoms with Crippen LogP contribution in [-0.4, -0.2) is 59.1 Å².